The Kier molecular flexibility index (Phi) is 4.33. The summed E-state index contributed by atoms with van der Waals surface area (Å²) in [5, 5.41) is 3.69. The second kappa shape index (κ2) is 5.74. The number of amides is 2. The van der Waals surface area contributed by atoms with Crippen molar-refractivity contribution >= 4 is 12.2 Å². The number of carbonyl (C=O) groups excluding carboxylic acids is 1. The van der Waals surface area contributed by atoms with Crippen molar-refractivity contribution in [2.75, 3.05) is 14.2 Å². The van der Waals surface area contributed by atoms with E-state index in [0.717, 1.165) is 11.1 Å². The van der Waals surface area contributed by atoms with E-state index in [2.05, 4.69) is 10.5 Å². The number of ether oxygens (including phenoxy) is 2. The molecule has 17 heavy (non-hydrogen) atoms. The average Bonchev–Trinajstić information content (AvgIpc) is 2.30. The first-order valence-corrected chi connectivity index (χ1v) is 4.89. The lowest BCUT2D eigenvalue weighted by molar-refractivity contribution is 0.249. The normalized spacial score (nSPS) is 10.3. The third-order valence-electron chi connectivity index (χ3n) is 2.15. The third kappa shape index (κ3) is 3.37. The zero-order valence-electron chi connectivity index (χ0n) is 9.98. The molecule has 0 saturated heterocycles. The first-order valence-electron chi connectivity index (χ1n) is 4.89. The van der Waals surface area contributed by atoms with Gasteiger partial charge in [-0.05, 0) is 24.6 Å². The van der Waals surface area contributed by atoms with Gasteiger partial charge in [-0.25, -0.2) is 10.2 Å². The number of hydrogen-bond donors (Lipinski definition) is 2. The van der Waals surface area contributed by atoms with Gasteiger partial charge in [-0.2, -0.15) is 5.10 Å². The molecule has 0 fully saturated rings. The van der Waals surface area contributed by atoms with E-state index < -0.39 is 6.03 Å². The summed E-state index contributed by atoms with van der Waals surface area (Å²) in [6.45, 7) is 1.90. The Balaban J connectivity index is 3.00. The number of nitrogens with two attached hydrogens (primary N) is 1. The van der Waals surface area contributed by atoms with E-state index in [1.165, 1.54) is 6.21 Å². The van der Waals surface area contributed by atoms with Gasteiger partial charge in [0.1, 0.15) is 0 Å². The summed E-state index contributed by atoms with van der Waals surface area (Å²) in [5.41, 5.74) is 8.76. The highest BCUT2D eigenvalue weighted by Gasteiger charge is 2.06. The van der Waals surface area contributed by atoms with E-state index in [4.69, 9.17) is 15.2 Å². The molecule has 6 heteroatoms. The molecule has 1 rings (SSSR count). The summed E-state index contributed by atoms with van der Waals surface area (Å²) in [6, 6.07) is 2.88. The zero-order chi connectivity index (χ0) is 12.8. The van der Waals surface area contributed by atoms with Gasteiger partial charge in [-0.15, -0.1) is 0 Å². The van der Waals surface area contributed by atoms with E-state index in [1.54, 1.807) is 20.3 Å². The van der Waals surface area contributed by atoms with Gasteiger partial charge in [-0.1, -0.05) is 0 Å². The van der Waals surface area contributed by atoms with Crippen molar-refractivity contribution in [1.29, 1.82) is 0 Å². The van der Waals surface area contributed by atoms with Crippen LogP contribution in [-0.4, -0.2) is 26.5 Å². The maximum Gasteiger partial charge on any atom is 0.332 e. The fraction of sp³-hybridized carbons (Fsp3) is 0.273. The third-order valence-corrected chi connectivity index (χ3v) is 2.15. The molecule has 0 unspecified atom stereocenters. The Bertz CT molecular complexity index is 444. The van der Waals surface area contributed by atoms with Crippen molar-refractivity contribution in [3.8, 4) is 11.5 Å². The number of primary amides is 1. The topological polar surface area (TPSA) is 85.9 Å². The number of methoxy groups -OCH3 is 2. The fourth-order valence-corrected chi connectivity index (χ4v) is 1.30. The van der Waals surface area contributed by atoms with Crippen LogP contribution in [0.4, 0.5) is 4.79 Å². The second-order valence-electron chi connectivity index (χ2n) is 3.30. The van der Waals surface area contributed by atoms with Gasteiger partial charge in [0.2, 0.25) is 0 Å². The van der Waals surface area contributed by atoms with Crippen LogP contribution in [0.2, 0.25) is 0 Å². The summed E-state index contributed by atoms with van der Waals surface area (Å²) in [5.74, 6) is 1.24. The molecule has 3 N–H and O–H groups in total. The Morgan fingerprint density at radius 1 is 1.35 bits per heavy atom. The summed E-state index contributed by atoms with van der Waals surface area (Å²) in [6.07, 6.45) is 1.49. The molecule has 1 aromatic rings. The van der Waals surface area contributed by atoms with Gasteiger partial charge in [-0.3, -0.25) is 0 Å². The molecule has 0 bridgehead atoms. The van der Waals surface area contributed by atoms with Gasteiger partial charge in [0.05, 0.1) is 20.4 Å². The molecule has 0 aliphatic carbocycles. The summed E-state index contributed by atoms with van der Waals surface area (Å²) >= 11 is 0. The lowest BCUT2D eigenvalue weighted by Crippen LogP contribution is -2.24. The Morgan fingerprint density at radius 3 is 2.47 bits per heavy atom. The number of hydrogen-bond acceptors (Lipinski definition) is 4. The van der Waals surface area contributed by atoms with Gasteiger partial charge in [0.25, 0.3) is 0 Å². The molecule has 0 aromatic heterocycles. The van der Waals surface area contributed by atoms with Crippen molar-refractivity contribution in [3.05, 3.63) is 23.3 Å². The van der Waals surface area contributed by atoms with E-state index in [-0.39, 0.29) is 0 Å². The number of urea groups is 1. The van der Waals surface area contributed by atoms with Gasteiger partial charge in [0, 0.05) is 5.56 Å². The van der Waals surface area contributed by atoms with E-state index >= 15 is 0 Å². The average molecular weight is 237 g/mol. The maximum absolute atomic E-state index is 10.5. The van der Waals surface area contributed by atoms with E-state index in [9.17, 15) is 4.79 Å². The van der Waals surface area contributed by atoms with Crippen LogP contribution in [0.25, 0.3) is 0 Å². The Morgan fingerprint density at radius 2 is 1.94 bits per heavy atom. The molecule has 2 amide bonds. The van der Waals surface area contributed by atoms with Crippen LogP contribution in [0.1, 0.15) is 11.1 Å². The van der Waals surface area contributed by atoms with Crippen LogP contribution in [-0.2, 0) is 0 Å². The largest absolute Gasteiger partial charge is 0.493 e. The molecule has 0 aliphatic heterocycles. The minimum Gasteiger partial charge on any atom is -0.493 e. The van der Waals surface area contributed by atoms with Gasteiger partial charge in [0.15, 0.2) is 11.5 Å². The van der Waals surface area contributed by atoms with Crippen molar-refractivity contribution in [2.45, 2.75) is 6.92 Å². The smallest absolute Gasteiger partial charge is 0.332 e. The van der Waals surface area contributed by atoms with Crippen LogP contribution in [0, 0.1) is 6.92 Å². The quantitative estimate of drug-likeness (QED) is 0.605. The Hall–Kier alpha value is -2.24. The molecule has 1 aromatic carbocycles. The van der Waals surface area contributed by atoms with Crippen molar-refractivity contribution in [2.24, 2.45) is 10.8 Å². The molecule has 6 nitrogen and oxygen atoms in total. The molecule has 0 aliphatic rings. The fourth-order valence-electron chi connectivity index (χ4n) is 1.30. The molecule has 0 spiro atoms. The van der Waals surface area contributed by atoms with E-state index in [0.29, 0.717) is 11.5 Å². The molecule has 0 saturated carbocycles. The highest BCUT2D eigenvalue weighted by Crippen LogP contribution is 2.29. The molecule has 0 radical (unpaired) electrons. The predicted molar refractivity (Wildman–Crippen MR) is 64.6 cm³/mol. The minimum atomic E-state index is -0.709. The lowest BCUT2D eigenvalue weighted by Gasteiger charge is -2.10. The molecular weight excluding hydrogens is 222 g/mol. The van der Waals surface area contributed by atoms with Crippen molar-refractivity contribution in [1.82, 2.24) is 5.43 Å². The summed E-state index contributed by atoms with van der Waals surface area (Å²) < 4.78 is 10.3. The van der Waals surface area contributed by atoms with Crippen LogP contribution < -0.4 is 20.6 Å². The molecule has 92 valence electrons. The standard InChI is InChI=1S/C11H15N3O3/c1-7-4-9(16-2)10(17-3)5-8(7)6-13-14-11(12)15/h4-6H,1-3H3,(H3,12,14,15)/b13-6-. The Labute approximate surface area is 99.4 Å². The molecule has 0 heterocycles. The van der Waals surface area contributed by atoms with Crippen LogP contribution in [0.3, 0.4) is 0 Å². The second-order valence-corrected chi connectivity index (χ2v) is 3.30. The minimum absolute atomic E-state index is 0.596. The van der Waals surface area contributed by atoms with E-state index in [1.807, 2.05) is 13.0 Å². The highest BCUT2D eigenvalue weighted by molar-refractivity contribution is 5.84. The molecular formula is C11H15N3O3. The first-order chi connectivity index (χ1) is 8.08. The van der Waals surface area contributed by atoms with Gasteiger partial charge < -0.3 is 15.2 Å². The zero-order valence-corrected chi connectivity index (χ0v) is 9.98. The SMILES string of the molecule is COc1cc(C)c(/C=N\NC(N)=O)cc1OC. The lowest BCUT2D eigenvalue weighted by atomic mass is 10.1. The maximum atomic E-state index is 10.5. The number of aryl methyl sites for hydroxylation is 1. The summed E-state index contributed by atoms with van der Waals surface area (Å²) in [7, 11) is 3.12. The van der Waals surface area contributed by atoms with Crippen LogP contribution in [0.15, 0.2) is 17.2 Å². The molecule has 0 atom stereocenters. The predicted octanol–water partition coefficient (Wildman–Crippen LogP) is 1.01. The van der Waals surface area contributed by atoms with Crippen LogP contribution >= 0.6 is 0 Å². The number of hydrazone groups is 1. The van der Waals surface area contributed by atoms with Crippen molar-refractivity contribution in [3.63, 3.8) is 0 Å². The number of nitrogens with one attached hydrogen (secondary N) is 1. The first kappa shape index (κ1) is 12.8. The number of benzene rings is 1. The van der Waals surface area contributed by atoms with Crippen LogP contribution in [0.5, 0.6) is 11.5 Å². The summed E-state index contributed by atoms with van der Waals surface area (Å²) in [4.78, 5) is 10.5. The van der Waals surface area contributed by atoms with Gasteiger partial charge >= 0.3 is 6.03 Å². The monoisotopic (exact) mass is 237 g/mol. The van der Waals surface area contributed by atoms with Crippen molar-refractivity contribution < 1.29 is 14.3 Å². The number of rotatable bonds is 4. The highest BCUT2D eigenvalue weighted by atomic mass is 16.5. The number of carbonyl (C=O) groups is 1. The number of nitrogens with zero attached hydrogens (tertiary/aromatic N) is 1.